The van der Waals surface area contributed by atoms with Crippen LogP contribution in [0.3, 0.4) is 0 Å². The highest BCUT2D eigenvalue weighted by Gasteiger charge is 2.06. The molecule has 0 aliphatic heterocycles. The number of rotatable bonds is 7. The van der Waals surface area contributed by atoms with Gasteiger partial charge in [-0.05, 0) is 39.5 Å². The van der Waals surface area contributed by atoms with Crippen molar-refractivity contribution in [3.8, 4) is 0 Å². The molecule has 0 aliphatic rings. The molecule has 4 nitrogen and oxygen atoms in total. The summed E-state index contributed by atoms with van der Waals surface area (Å²) in [4.78, 5) is 13.2. The van der Waals surface area contributed by atoms with Gasteiger partial charge in [0.2, 0.25) is 5.95 Å². The maximum Gasteiger partial charge on any atom is 0.225 e. The molecule has 0 unspecified atom stereocenters. The molecular weight excluding hydrogens is 280 g/mol. The summed E-state index contributed by atoms with van der Waals surface area (Å²) >= 11 is 3.39. The van der Waals surface area contributed by atoms with Crippen LogP contribution in [0, 0.1) is 0 Å². The zero-order valence-electron chi connectivity index (χ0n) is 10.9. The fourth-order valence-corrected chi connectivity index (χ4v) is 1.85. The van der Waals surface area contributed by atoms with Crippen LogP contribution in [0.5, 0.6) is 0 Å². The summed E-state index contributed by atoms with van der Waals surface area (Å²) in [6, 6.07) is 0. The Morgan fingerprint density at radius 2 is 1.82 bits per heavy atom. The van der Waals surface area contributed by atoms with Crippen LogP contribution in [0.15, 0.2) is 12.4 Å². The molecule has 0 atom stereocenters. The van der Waals surface area contributed by atoms with Crippen molar-refractivity contribution >= 4 is 21.9 Å². The molecule has 0 N–H and O–H groups in total. The van der Waals surface area contributed by atoms with Gasteiger partial charge in [0.05, 0.1) is 0 Å². The summed E-state index contributed by atoms with van der Waals surface area (Å²) in [5, 5.41) is 0.806. The first-order valence-electron chi connectivity index (χ1n) is 5.94. The SMILES string of the molecule is CCN(CCCN(C)C)c1ncc(CBr)cn1. The molecule has 0 aliphatic carbocycles. The van der Waals surface area contributed by atoms with Gasteiger partial charge in [-0.25, -0.2) is 9.97 Å². The van der Waals surface area contributed by atoms with Crippen molar-refractivity contribution in [3.63, 3.8) is 0 Å². The largest absolute Gasteiger partial charge is 0.341 e. The Kier molecular flexibility index (Phi) is 6.44. The van der Waals surface area contributed by atoms with Gasteiger partial charge in [0.25, 0.3) is 0 Å². The van der Waals surface area contributed by atoms with Gasteiger partial charge in [-0.2, -0.15) is 0 Å². The fourth-order valence-electron chi connectivity index (χ4n) is 1.56. The minimum Gasteiger partial charge on any atom is -0.341 e. The van der Waals surface area contributed by atoms with Crippen LogP contribution in [-0.4, -0.2) is 48.6 Å². The van der Waals surface area contributed by atoms with Crippen molar-refractivity contribution in [3.05, 3.63) is 18.0 Å². The molecule has 0 bridgehead atoms. The number of alkyl halides is 1. The molecule has 1 aromatic rings. The normalized spacial score (nSPS) is 10.9. The van der Waals surface area contributed by atoms with Gasteiger partial charge in [0, 0.05) is 30.8 Å². The Morgan fingerprint density at radius 1 is 1.18 bits per heavy atom. The van der Waals surface area contributed by atoms with E-state index in [1.54, 1.807) is 0 Å². The van der Waals surface area contributed by atoms with Crippen LogP contribution in [0.2, 0.25) is 0 Å². The molecule has 0 fully saturated rings. The number of nitrogens with zero attached hydrogens (tertiary/aromatic N) is 4. The summed E-state index contributed by atoms with van der Waals surface area (Å²) in [6.45, 7) is 5.18. The third-order valence-electron chi connectivity index (χ3n) is 2.54. The molecule has 0 spiro atoms. The van der Waals surface area contributed by atoms with Gasteiger partial charge in [0.1, 0.15) is 0 Å². The molecule has 0 aromatic carbocycles. The van der Waals surface area contributed by atoms with Crippen LogP contribution in [0.4, 0.5) is 5.95 Å². The third-order valence-corrected chi connectivity index (χ3v) is 3.19. The van der Waals surface area contributed by atoms with E-state index in [1.807, 2.05) is 12.4 Å². The lowest BCUT2D eigenvalue weighted by molar-refractivity contribution is 0.400. The van der Waals surface area contributed by atoms with Gasteiger partial charge < -0.3 is 9.80 Å². The zero-order valence-corrected chi connectivity index (χ0v) is 12.4. The molecule has 0 saturated heterocycles. The van der Waals surface area contributed by atoms with E-state index in [9.17, 15) is 0 Å². The fraction of sp³-hybridized carbons (Fsp3) is 0.667. The summed E-state index contributed by atoms with van der Waals surface area (Å²) in [7, 11) is 4.19. The van der Waals surface area contributed by atoms with Gasteiger partial charge in [-0.1, -0.05) is 15.9 Å². The lowest BCUT2D eigenvalue weighted by atomic mass is 10.3. The van der Waals surface area contributed by atoms with Crippen molar-refractivity contribution in [2.75, 3.05) is 38.6 Å². The molecule has 0 radical (unpaired) electrons. The van der Waals surface area contributed by atoms with Crippen LogP contribution >= 0.6 is 15.9 Å². The van der Waals surface area contributed by atoms with Crippen molar-refractivity contribution in [2.45, 2.75) is 18.7 Å². The number of aromatic nitrogens is 2. The smallest absolute Gasteiger partial charge is 0.225 e. The Labute approximate surface area is 112 Å². The highest BCUT2D eigenvalue weighted by Crippen LogP contribution is 2.09. The topological polar surface area (TPSA) is 32.3 Å². The van der Waals surface area contributed by atoms with E-state index in [-0.39, 0.29) is 0 Å². The molecule has 17 heavy (non-hydrogen) atoms. The Balaban J connectivity index is 2.53. The van der Waals surface area contributed by atoms with E-state index in [2.05, 4.69) is 56.7 Å². The van der Waals surface area contributed by atoms with E-state index in [1.165, 1.54) is 0 Å². The maximum absolute atomic E-state index is 4.39. The van der Waals surface area contributed by atoms with Crippen LogP contribution in [0.25, 0.3) is 0 Å². The van der Waals surface area contributed by atoms with Gasteiger partial charge >= 0.3 is 0 Å². The molecule has 1 aromatic heterocycles. The summed E-state index contributed by atoms with van der Waals surface area (Å²) in [5.41, 5.74) is 1.11. The third kappa shape index (κ3) is 5.00. The van der Waals surface area contributed by atoms with Crippen molar-refractivity contribution in [2.24, 2.45) is 0 Å². The average Bonchev–Trinajstić information content (AvgIpc) is 2.34. The average molecular weight is 301 g/mol. The van der Waals surface area contributed by atoms with E-state index in [4.69, 9.17) is 0 Å². The van der Waals surface area contributed by atoms with Gasteiger partial charge in [-0.15, -0.1) is 0 Å². The number of hydrogen-bond donors (Lipinski definition) is 0. The van der Waals surface area contributed by atoms with Crippen molar-refractivity contribution < 1.29 is 0 Å². The van der Waals surface area contributed by atoms with E-state index < -0.39 is 0 Å². The van der Waals surface area contributed by atoms with Crippen LogP contribution in [-0.2, 0) is 5.33 Å². The monoisotopic (exact) mass is 300 g/mol. The van der Waals surface area contributed by atoms with E-state index in [0.29, 0.717) is 0 Å². The Hall–Kier alpha value is -0.680. The second-order valence-electron chi connectivity index (χ2n) is 4.26. The molecular formula is C12H21BrN4. The number of hydrogen-bond acceptors (Lipinski definition) is 4. The Morgan fingerprint density at radius 3 is 2.29 bits per heavy atom. The van der Waals surface area contributed by atoms with Crippen LogP contribution in [0.1, 0.15) is 18.9 Å². The second kappa shape index (κ2) is 7.61. The minimum atomic E-state index is 0.806. The highest BCUT2D eigenvalue weighted by molar-refractivity contribution is 9.08. The lowest BCUT2D eigenvalue weighted by Gasteiger charge is -2.21. The number of halogens is 1. The molecule has 0 amide bonds. The molecule has 1 rings (SSSR count). The first-order valence-corrected chi connectivity index (χ1v) is 7.06. The van der Waals surface area contributed by atoms with Crippen LogP contribution < -0.4 is 4.90 Å². The zero-order chi connectivity index (χ0) is 12.7. The second-order valence-corrected chi connectivity index (χ2v) is 4.82. The molecule has 1 heterocycles. The minimum absolute atomic E-state index is 0.806. The molecule has 96 valence electrons. The predicted molar refractivity (Wildman–Crippen MR) is 75.7 cm³/mol. The predicted octanol–water partition coefficient (Wildman–Crippen LogP) is 2.15. The number of anilines is 1. The standard InChI is InChI=1S/C12H21BrN4/c1-4-17(7-5-6-16(2)3)12-14-9-11(8-13)10-15-12/h9-10H,4-8H2,1-3H3. The Bertz CT molecular complexity index is 313. The maximum atomic E-state index is 4.39. The molecule has 5 heteroatoms. The summed E-state index contributed by atoms with van der Waals surface area (Å²) in [5.74, 6) is 0.830. The molecule has 0 saturated carbocycles. The first-order chi connectivity index (χ1) is 8.17. The van der Waals surface area contributed by atoms with Crippen molar-refractivity contribution in [1.82, 2.24) is 14.9 Å². The van der Waals surface area contributed by atoms with Gasteiger partial charge in [0.15, 0.2) is 0 Å². The first kappa shape index (κ1) is 14.4. The van der Waals surface area contributed by atoms with Crippen molar-refractivity contribution in [1.29, 1.82) is 0 Å². The summed E-state index contributed by atoms with van der Waals surface area (Å²) < 4.78 is 0. The van der Waals surface area contributed by atoms with E-state index in [0.717, 1.165) is 42.9 Å². The van der Waals surface area contributed by atoms with E-state index >= 15 is 0 Å². The lowest BCUT2D eigenvalue weighted by Crippen LogP contribution is -2.28. The highest BCUT2D eigenvalue weighted by atomic mass is 79.9. The summed E-state index contributed by atoms with van der Waals surface area (Å²) in [6.07, 6.45) is 4.89. The van der Waals surface area contributed by atoms with Gasteiger partial charge in [-0.3, -0.25) is 0 Å². The quantitative estimate of drug-likeness (QED) is 0.722.